The van der Waals surface area contributed by atoms with Gasteiger partial charge in [0.05, 0.1) is 34.8 Å². The van der Waals surface area contributed by atoms with Gasteiger partial charge in [0.15, 0.2) is 0 Å². The lowest BCUT2D eigenvalue weighted by Gasteiger charge is -2.60. The Labute approximate surface area is 413 Å². The number of aliphatic hydroxyl groups excluding tert-OH is 2. The van der Waals surface area contributed by atoms with E-state index < -0.39 is 34.4 Å². The number of carbonyl (C=O) groups excluding carboxylic acids is 1. The van der Waals surface area contributed by atoms with Crippen molar-refractivity contribution >= 4 is 17.3 Å². The number of hydrogen-bond donors (Lipinski definition) is 2. The maximum Gasteiger partial charge on any atom is 0.269 e. The molecule has 5 aromatic carbocycles. The van der Waals surface area contributed by atoms with E-state index in [2.05, 4.69) is 18.7 Å². The van der Waals surface area contributed by atoms with E-state index in [4.69, 9.17) is 24.2 Å². The van der Waals surface area contributed by atoms with Crippen molar-refractivity contribution in [1.29, 1.82) is 5.26 Å². The van der Waals surface area contributed by atoms with Gasteiger partial charge in [-0.05, 0) is 158 Å². The first-order valence-electron chi connectivity index (χ1n) is 24.2. The van der Waals surface area contributed by atoms with Crippen LogP contribution >= 0.6 is 0 Å². The molecule has 1 amide bonds. The van der Waals surface area contributed by atoms with E-state index in [0.29, 0.717) is 64.5 Å². The van der Waals surface area contributed by atoms with Crippen LogP contribution in [0.25, 0.3) is 0 Å². The summed E-state index contributed by atoms with van der Waals surface area (Å²) in [5.41, 5.74) is 6.35. The van der Waals surface area contributed by atoms with Crippen LogP contribution in [0.1, 0.15) is 94.6 Å². The van der Waals surface area contributed by atoms with Crippen LogP contribution < -0.4 is 9.47 Å². The average Bonchev–Trinajstić information content (AvgIpc) is 3.38. The molecule has 1 saturated carbocycles. The van der Waals surface area contributed by atoms with Crippen molar-refractivity contribution in [1.82, 2.24) is 4.90 Å². The van der Waals surface area contributed by atoms with Crippen molar-refractivity contribution in [2.45, 2.75) is 89.7 Å². The van der Waals surface area contributed by atoms with Crippen LogP contribution in [0, 0.1) is 58.9 Å². The Morgan fingerprint density at radius 1 is 0.930 bits per heavy atom. The summed E-state index contributed by atoms with van der Waals surface area (Å²) in [5, 5.41) is 46.2. The first kappa shape index (κ1) is 50.2. The molecule has 2 aliphatic carbocycles. The number of fused-ring (bicyclic) bond motifs is 2. The van der Waals surface area contributed by atoms with Gasteiger partial charge in [-0.1, -0.05) is 48.3 Å². The van der Waals surface area contributed by atoms with E-state index in [0.717, 1.165) is 41.5 Å². The largest absolute Gasteiger partial charge is 0.459 e. The molecule has 0 radical (unpaired) electrons. The van der Waals surface area contributed by atoms with Crippen molar-refractivity contribution in [2.75, 3.05) is 19.8 Å². The number of hydrogen-bond acceptors (Lipinski definition) is 11. The molecular formula is C57H59FN4O9. The number of nitrogens with zero attached hydrogens (tertiary/aromatic N) is 4. The second-order valence-electron chi connectivity index (χ2n) is 18.6. The minimum atomic E-state index is -1.61. The van der Waals surface area contributed by atoms with Crippen molar-refractivity contribution in [3.63, 3.8) is 0 Å². The van der Waals surface area contributed by atoms with Gasteiger partial charge in [-0.2, -0.15) is 5.26 Å². The molecule has 6 atom stereocenters. The third-order valence-corrected chi connectivity index (χ3v) is 14.1. The number of unbranched alkanes of at least 4 members (excludes halogenated alkanes) is 2. The molecule has 8 rings (SSSR count). The second kappa shape index (κ2) is 22.7. The SMILES string of the molecule is C=CCO[C@@]12Oc3ccc(Oc4ccc(C)c(C)c4)cc3[C@H]3[C@H](CCCCO)[C@@H](CCCCO)C=C(C(=NOCc4ccc([N+](=O)[O-])cc4)C[C@@H]1N(Cc1ccc(F)cc1)C(=O)c1ccc(C#N)cc1)[C@H]32. The Morgan fingerprint density at radius 2 is 1.62 bits per heavy atom. The van der Waals surface area contributed by atoms with Crippen LogP contribution in [0.5, 0.6) is 17.2 Å². The topological polar surface area (TPSA) is 177 Å². The lowest BCUT2D eigenvalue weighted by atomic mass is 9.55. The predicted octanol–water partition coefficient (Wildman–Crippen LogP) is 11.2. The fraction of sp³-hybridized carbons (Fsp3) is 0.351. The molecule has 0 aromatic heterocycles. The third-order valence-electron chi connectivity index (χ3n) is 14.1. The van der Waals surface area contributed by atoms with Crippen molar-refractivity contribution in [3.05, 3.63) is 188 Å². The highest BCUT2D eigenvalue weighted by Gasteiger charge is 2.65. The Morgan fingerprint density at radius 3 is 2.30 bits per heavy atom. The molecule has 0 bridgehead atoms. The van der Waals surface area contributed by atoms with Crippen LogP contribution in [-0.2, 0) is 22.7 Å². The molecule has 0 unspecified atom stereocenters. The maximum atomic E-state index is 15.4. The Bertz CT molecular complexity index is 2810. The quantitative estimate of drug-likeness (QED) is 0.0311. The number of aliphatic hydroxyl groups is 2. The van der Waals surface area contributed by atoms with E-state index in [1.807, 2.05) is 50.2 Å². The minimum absolute atomic E-state index is 0.000970. The number of nitro groups is 1. The number of ether oxygens (including phenoxy) is 3. The number of halogens is 1. The molecule has 0 saturated heterocycles. The number of nitro benzene ring substituents is 1. The smallest absolute Gasteiger partial charge is 0.269 e. The summed E-state index contributed by atoms with van der Waals surface area (Å²) in [6, 6.07) is 31.3. The summed E-state index contributed by atoms with van der Waals surface area (Å²) < 4.78 is 35.7. The maximum absolute atomic E-state index is 15.4. The summed E-state index contributed by atoms with van der Waals surface area (Å²) in [6.07, 6.45) is 8.06. The summed E-state index contributed by atoms with van der Waals surface area (Å²) in [7, 11) is 0. The zero-order valence-electron chi connectivity index (χ0n) is 40.0. The molecule has 5 aromatic rings. The van der Waals surface area contributed by atoms with Gasteiger partial charge in [0, 0.05) is 55.4 Å². The van der Waals surface area contributed by atoms with Gasteiger partial charge >= 0.3 is 0 Å². The number of carbonyl (C=O) groups is 1. The van der Waals surface area contributed by atoms with E-state index in [1.54, 1.807) is 59.5 Å². The fourth-order valence-corrected chi connectivity index (χ4v) is 10.5. The number of allylic oxidation sites excluding steroid dienone is 1. The first-order valence-corrected chi connectivity index (χ1v) is 24.2. The van der Waals surface area contributed by atoms with Gasteiger partial charge in [-0.15, -0.1) is 6.58 Å². The minimum Gasteiger partial charge on any atom is -0.459 e. The van der Waals surface area contributed by atoms with E-state index in [-0.39, 0.29) is 62.8 Å². The van der Waals surface area contributed by atoms with Crippen LogP contribution in [0.3, 0.4) is 0 Å². The number of non-ortho nitro benzene ring substituents is 1. The Kier molecular flexibility index (Phi) is 16.1. The molecule has 2 N–H and O–H groups in total. The van der Waals surface area contributed by atoms with Crippen LogP contribution in [-0.4, -0.2) is 63.3 Å². The second-order valence-corrected chi connectivity index (χ2v) is 18.6. The van der Waals surface area contributed by atoms with Crippen LogP contribution in [0.2, 0.25) is 0 Å². The van der Waals surface area contributed by atoms with Gasteiger partial charge in [0.2, 0.25) is 5.79 Å². The Hall–Kier alpha value is -7.18. The number of aryl methyl sites for hydroxylation is 2. The molecule has 368 valence electrons. The van der Waals surface area contributed by atoms with Gasteiger partial charge in [-0.3, -0.25) is 14.9 Å². The summed E-state index contributed by atoms with van der Waals surface area (Å²) in [6.45, 7) is 8.21. The molecule has 1 aliphatic heterocycles. The average molecular weight is 963 g/mol. The summed E-state index contributed by atoms with van der Waals surface area (Å²) in [4.78, 5) is 34.3. The highest BCUT2D eigenvalue weighted by Crippen LogP contribution is 2.62. The van der Waals surface area contributed by atoms with E-state index in [9.17, 15) is 30.0 Å². The molecule has 3 aliphatic rings. The van der Waals surface area contributed by atoms with Crippen LogP contribution in [0.4, 0.5) is 10.1 Å². The van der Waals surface area contributed by atoms with Gasteiger partial charge in [0.25, 0.3) is 11.6 Å². The zero-order valence-corrected chi connectivity index (χ0v) is 40.0. The lowest BCUT2D eigenvalue weighted by Crippen LogP contribution is -2.70. The molecule has 14 heteroatoms. The molecule has 1 heterocycles. The highest BCUT2D eigenvalue weighted by atomic mass is 19.1. The number of benzene rings is 5. The molecule has 71 heavy (non-hydrogen) atoms. The lowest BCUT2D eigenvalue weighted by molar-refractivity contribution is -0.384. The van der Waals surface area contributed by atoms with Gasteiger partial charge < -0.3 is 34.2 Å². The standard InChI is InChI=1S/C57H59FN4O9/c1-4-29-68-57-53(61(35-40-14-20-44(58)21-15-40)56(65)42-18-12-39(34-59)13-19-42)33-51(60-69-36-41-16-22-45(23-17-41)62(66)67)49-31-43(9-5-7-27-63)48(10-6-8-28-64)54(55(49)57)50-32-47(25-26-52(50)71-57)70-46-24-11-37(2)38(3)30-46/h4,11-26,30-32,43,48,53-55,63-64H,1,5-10,27-29,33,35-36H2,2-3H3/t43-,48+,53-,54+,55+,57+/m0/s1. The normalized spacial score (nSPS) is 21.4. The Balaban J connectivity index is 1.36. The van der Waals surface area contributed by atoms with Gasteiger partial charge in [-0.25, -0.2) is 4.39 Å². The van der Waals surface area contributed by atoms with Crippen molar-refractivity contribution in [2.24, 2.45) is 22.9 Å². The van der Waals surface area contributed by atoms with Crippen LogP contribution in [0.15, 0.2) is 139 Å². The van der Waals surface area contributed by atoms with Gasteiger partial charge in [0.1, 0.15) is 35.7 Å². The molecular weight excluding hydrogens is 904 g/mol. The number of oxime groups is 1. The van der Waals surface area contributed by atoms with E-state index in [1.165, 1.54) is 24.3 Å². The summed E-state index contributed by atoms with van der Waals surface area (Å²) in [5.74, 6) is -1.75. The van der Waals surface area contributed by atoms with E-state index >= 15 is 4.79 Å². The van der Waals surface area contributed by atoms with Crippen molar-refractivity contribution < 1.29 is 43.4 Å². The molecule has 0 spiro atoms. The predicted molar refractivity (Wildman–Crippen MR) is 266 cm³/mol. The summed E-state index contributed by atoms with van der Waals surface area (Å²) >= 11 is 0. The first-order chi connectivity index (χ1) is 34.5. The zero-order chi connectivity index (χ0) is 50.1. The highest BCUT2D eigenvalue weighted by molar-refractivity contribution is 6.03. The number of amides is 1. The van der Waals surface area contributed by atoms with Crippen molar-refractivity contribution in [3.8, 4) is 23.3 Å². The number of rotatable bonds is 21. The molecule has 1 fully saturated rings. The number of nitriles is 1. The monoisotopic (exact) mass is 962 g/mol. The fourth-order valence-electron chi connectivity index (χ4n) is 10.5. The molecule has 13 nitrogen and oxygen atoms in total. The third kappa shape index (κ3) is 11.1.